The van der Waals surface area contributed by atoms with Crippen LogP contribution in [-0.4, -0.2) is 11.0 Å². The summed E-state index contributed by atoms with van der Waals surface area (Å²) in [6.45, 7) is 4.41. The van der Waals surface area contributed by atoms with Crippen molar-refractivity contribution in [3.05, 3.63) is 52.5 Å². The summed E-state index contributed by atoms with van der Waals surface area (Å²) in [5.74, 6) is 0. The molecule has 2 nitrogen and oxygen atoms in total. The Bertz CT molecular complexity index is 425. The molecule has 0 amide bonds. The number of aromatic nitrogens is 1. The zero-order chi connectivity index (χ0) is 12.1. The molecule has 17 heavy (non-hydrogen) atoms. The van der Waals surface area contributed by atoms with Crippen LogP contribution >= 0.6 is 11.3 Å². The normalized spacial score (nSPS) is 14.5. The van der Waals surface area contributed by atoms with Crippen LogP contribution in [0.3, 0.4) is 0 Å². The molecule has 0 aliphatic heterocycles. The van der Waals surface area contributed by atoms with Gasteiger partial charge in [-0.15, -0.1) is 11.3 Å². The molecule has 0 fully saturated rings. The van der Waals surface area contributed by atoms with Crippen LogP contribution < -0.4 is 5.32 Å². The molecule has 0 saturated carbocycles. The van der Waals surface area contributed by atoms with E-state index >= 15 is 0 Å². The fraction of sp³-hybridized carbons (Fsp3) is 0.357. The molecule has 1 aromatic carbocycles. The lowest BCUT2D eigenvalue weighted by Gasteiger charge is -2.21. The second-order valence-electron chi connectivity index (χ2n) is 4.19. The van der Waals surface area contributed by atoms with Crippen molar-refractivity contribution >= 4 is 11.3 Å². The van der Waals surface area contributed by atoms with E-state index in [9.17, 15) is 0 Å². The summed E-state index contributed by atoms with van der Waals surface area (Å²) < 4.78 is 0. The number of thiazole rings is 1. The minimum absolute atomic E-state index is 0.214. The van der Waals surface area contributed by atoms with Crippen molar-refractivity contribution in [2.75, 3.05) is 0 Å². The van der Waals surface area contributed by atoms with Crippen LogP contribution in [0.2, 0.25) is 0 Å². The minimum atomic E-state index is 0.214. The Morgan fingerprint density at radius 1 is 1.29 bits per heavy atom. The molecule has 0 spiro atoms. The van der Waals surface area contributed by atoms with Crippen molar-refractivity contribution in [1.82, 2.24) is 10.3 Å². The standard InChI is InChI=1S/C14H18N2S/c1-3-11(2)16-13(14-15-9-10-17-14)12-7-5-4-6-8-12/h4-11,13,16H,3H2,1-2H3/t11-,13-/m1/s1. The SMILES string of the molecule is CC[C@@H](C)N[C@H](c1ccccc1)c1nccs1. The minimum Gasteiger partial charge on any atom is -0.302 e. The van der Waals surface area contributed by atoms with Gasteiger partial charge in [-0.05, 0) is 18.9 Å². The molecule has 90 valence electrons. The van der Waals surface area contributed by atoms with E-state index in [0.717, 1.165) is 11.4 Å². The van der Waals surface area contributed by atoms with Gasteiger partial charge >= 0.3 is 0 Å². The Hall–Kier alpha value is -1.19. The van der Waals surface area contributed by atoms with Gasteiger partial charge in [0, 0.05) is 17.6 Å². The maximum Gasteiger partial charge on any atom is 0.114 e. The highest BCUT2D eigenvalue weighted by atomic mass is 32.1. The highest BCUT2D eigenvalue weighted by Gasteiger charge is 2.17. The zero-order valence-electron chi connectivity index (χ0n) is 10.3. The van der Waals surface area contributed by atoms with Crippen LogP contribution in [0.5, 0.6) is 0 Å². The predicted octanol–water partition coefficient (Wildman–Crippen LogP) is 3.62. The Balaban J connectivity index is 2.25. The van der Waals surface area contributed by atoms with Gasteiger partial charge in [0.25, 0.3) is 0 Å². The summed E-state index contributed by atoms with van der Waals surface area (Å²) >= 11 is 1.70. The van der Waals surface area contributed by atoms with Crippen LogP contribution in [-0.2, 0) is 0 Å². The van der Waals surface area contributed by atoms with Crippen molar-refractivity contribution in [3.63, 3.8) is 0 Å². The number of nitrogens with one attached hydrogen (secondary N) is 1. The fourth-order valence-electron chi connectivity index (χ4n) is 1.73. The molecule has 2 atom stereocenters. The molecule has 1 heterocycles. The lowest BCUT2D eigenvalue weighted by molar-refractivity contribution is 0.486. The van der Waals surface area contributed by atoms with E-state index in [1.807, 2.05) is 17.6 Å². The first-order chi connectivity index (χ1) is 8.31. The first kappa shape index (κ1) is 12.3. The van der Waals surface area contributed by atoms with E-state index in [2.05, 4.69) is 48.4 Å². The second-order valence-corrected chi connectivity index (χ2v) is 5.12. The van der Waals surface area contributed by atoms with Gasteiger partial charge in [0.1, 0.15) is 5.01 Å². The molecule has 1 aromatic heterocycles. The largest absolute Gasteiger partial charge is 0.302 e. The Labute approximate surface area is 107 Å². The molecule has 0 unspecified atom stereocenters. The van der Waals surface area contributed by atoms with Gasteiger partial charge in [0.2, 0.25) is 0 Å². The monoisotopic (exact) mass is 246 g/mol. The maximum atomic E-state index is 4.44. The second kappa shape index (κ2) is 5.94. The van der Waals surface area contributed by atoms with E-state index in [0.29, 0.717) is 6.04 Å². The van der Waals surface area contributed by atoms with Gasteiger partial charge in [-0.3, -0.25) is 0 Å². The Kier molecular flexibility index (Phi) is 4.29. The molecule has 2 rings (SSSR count). The molecule has 3 heteroatoms. The van der Waals surface area contributed by atoms with Crippen LogP contribution in [0.1, 0.15) is 36.9 Å². The van der Waals surface area contributed by atoms with E-state index in [1.54, 1.807) is 11.3 Å². The average molecular weight is 246 g/mol. The summed E-state index contributed by atoms with van der Waals surface area (Å²) in [5.41, 5.74) is 1.28. The van der Waals surface area contributed by atoms with Gasteiger partial charge in [-0.25, -0.2) is 4.98 Å². The molecule has 0 saturated heterocycles. The van der Waals surface area contributed by atoms with Gasteiger partial charge in [-0.1, -0.05) is 37.3 Å². The predicted molar refractivity (Wildman–Crippen MR) is 73.3 cm³/mol. The summed E-state index contributed by atoms with van der Waals surface area (Å²) in [7, 11) is 0. The summed E-state index contributed by atoms with van der Waals surface area (Å²) in [5, 5.41) is 6.80. The highest BCUT2D eigenvalue weighted by Crippen LogP contribution is 2.24. The molecule has 0 aliphatic rings. The summed E-state index contributed by atoms with van der Waals surface area (Å²) in [6.07, 6.45) is 2.99. The van der Waals surface area contributed by atoms with Crippen molar-refractivity contribution in [3.8, 4) is 0 Å². The summed E-state index contributed by atoms with van der Waals surface area (Å²) in [6, 6.07) is 11.2. The number of hydrogen-bond donors (Lipinski definition) is 1. The zero-order valence-corrected chi connectivity index (χ0v) is 11.1. The third kappa shape index (κ3) is 3.14. The quantitative estimate of drug-likeness (QED) is 0.871. The Morgan fingerprint density at radius 2 is 2.06 bits per heavy atom. The summed E-state index contributed by atoms with van der Waals surface area (Å²) in [4.78, 5) is 4.44. The number of rotatable bonds is 5. The lowest BCUT2D eigenvalue weighted by atomic mass is 10.1. The molecular weight excluding hydrogens is 228 g/mol. The third-order valence-electron chi connectivity index (χ3n) is 2.89. The molecule has 0 aliphatic carbocycles. The van der Waals surface area contributed by atoms with E-state index in [-0.39, 0.29) is 6.04 Å². The van der Waals surface area contributed by atoms with E-state index < -0.39 is 0 Å². The smallest absolute Gasteiger partial charge is 0.114 e. The van der Waals surface area contributed by atoms with E-state index in [1.165, 1.54) is 5.56 Å². The third-order valence-corrected chi connectivity index (χ3v) is 3.74. The Morgan fingerprint density at radius 3 is 2.65 bits per heavy atom. The maximum absolute atomic E-state index is 4.44. The first-order valence-corrected chi connectivity index (χ1v) is 6.89. The van der Waals surface area contributed by atoms with Crippen molar-refractivity contribution < 1.29 is 0 Å². The van der Waals surface area contributed by atoms with Crippen LogP contribution in [0.4, 0.5) is 0 Å². The first-order valence-electron chi connectivity index (χ1n) is 6.01. The molecule has 0 radical (unpaired) electrons. The van der Waals surface area contributed by atoms with Crippen molar-refractivity contribution in [1.29, 1.82) is 0 Å². The van der Waals surface area contributed by atoms with Crippen molar-refractivity contribution in [2.45, 2.75) is 32.4 Å². The average Bonchev–Trinajstić information content (AvgIpc) is 2.90. The van der Waals surface area contributed by atoms with Gasteiger partial charge in [0.15, 0.2) is 0 Å². The molecule has 1 N–H and O–H groups in total. The van der Waals surface area contributed by atoms with Crippen LogP contribution in [0.25, 0.3) is 0 Å². The molecule has 2 aromatic rings. The highest BCUT2D eigenvalue weighted by molar-refractivity contribution is 7.09. The number of nitrogens with zero attached hydrogens (tertiary/aromatic N) is 1. The molecule has 0 bridgehead atoms. The van der Waals surface area contributed by atoms with Crippen molar-refractivity contribution in [2.24, 2.45) is 0 Å². The number of benzene rings is 1. The van der Waals surface area contributed by atoms with Gasteiger partial charge in [-0.2, -0.15) is 0 Å². The van der Waals surface area contributed by atoms with Crippen LogP contribution in [0.15, 0.2) is 41.9 Å². The number of hydrogen-bond acceptors (Lipinski definition) is 3. The topological polar surface area (TPSA) is 24.9 Å². The van der Waals surface area contributed by atoms with Gasteiger partial charge < -0.3 is 5.32 Å². The lowest BCUT2D eigenvalue weighted by Crippen LogP contribution is -2.30. The molecular formula is C14H18N2S. The van der Waals surface area contributed by atoms with Crippen LogP contribution in [0, 0.1) is 0 Å². The van der Waals surface area contributed by atoms with E-state index in [4.69, 9.17) is 0 Å². The fourth-order valence-corrected chi connectivity index (χ4v) is 2.46. The van der Waals surface area contributed by atoms with Gasteiger partial charge in [0.05, 0.1) is 6.04 Å².